The summed E-state index contributed by atoms with van der Waals surface area (Å²) in [5, 5.41) is 8.94. The Kier molecular flexibility index (Phi) is 4.29. The van der Waals surface area contributed by atoms with Crippen molar-refractivity contribution in [1.29, 1.82) is 5.26 Å². The number of carbonyl (C=O) groups is 1. The van der Waals surface area contributed by atoms with E-state index in [2.05, 4.69) is 20.5 Å². The molecule has 0 aliphatic carbocycles. The lowest BCUT2D eigenvalue weighted by molar-refractivity contribution is -0.114. The Morgan fingerprint density at radius 2 is 1.95 bits per heavy atom. The molecule has 0 aliphatic rings. The topological polar surface area (TPSA) is 71.8 Å². The van der Waals surface area contributed by atoms with Crippen LogP contribution in [-0.4, -0.2) is 10.5 Å². The number of amides is 1. The Morgan fingerprint density at radius 3 is 2.48 bits per heavy atom. The van der Waals surface area contributed by atoms with Crippen molar-refractivity contribution < 1.29 is 4.79 Å². The van der Waals surface area contributed by atoms with Gasteiger partial charge in [0.25, 0.3) is 5.91 Å². The van der Waals surface area contributed by atoms with Crippen molar-refractivity contribution in [1.82, 2.24) is 4.57 Å². The van der Waals surface area contributed by atoms with Gasteiger partial charge in [-0.3, -0.25) is 4.79 Å². The van der Waals surface area contributed by atoms with Crippen molar-refractivity contribution in [3.8, 4) is 11.8 Å². The molecule has 1 heterocycles. The minimum Gasteiger partial charge on any atom is -0.365 e. The van der Waals surface area contributed by atoms with Crippen molar-refractivity contribution in [3.05, 3.63) is 57.3 Å². The maximum absolute atomic E-state index is 11.2. The van der Waals surface area contributed by atoms with Gasteiger partial charge in [-0.25, -0.2) is 0 Å². The Bertz CT molecular complexity index is 764. The van der Waals surface area contributed by atoms with E-state index in [4.69, 9.17) is 11.0 Å². The molecule has 2 aromatic rings. The summed E-state index contributed by atoms with van der Waals surface area (Å²) in [7, 11) is 0. The molecule has 5 heteroatoms. The molecule has 106 valence electrons. The fraction of sp³-hybridized carbons (Fsp3) is 0.125. The number of primary amides is 1. The third kappa shape index (κ3) is 3.06. The first-order valence-corrected chi connectivity index (χ1v) is 7.10. The molecule has 0 radical (unpaired) electrons. The van der Waals surface area contributed by atoms with Gasteiger partial charge in [0.2, 0.25) is 0 Å². The van der Waals surface area contributed by atoms with Crippen LogP contribution in [0.2, 0.25) is 0 Å². The number of benzene rings is 1. The van der Waals surface area contributed by atoms with Gasteiger partial charge in [-0.2, -0.15) is 5.26 Å². The van der Waals surface area contributed by atoms with Crippen LogP contribution in [-0.2, 0) is 4.79 Å². The van der Waals surface area contributed by atoms with Gasteiger partial charge in [-0.15, -0.1) is 0 Å². The number of hydrogen-bond donors (Lipinski definition) is 1. The lowest BCUT2D eigenvalue weighted by Crippen LogP contribution is -2.12. The van der Waals surface area contributed by atoms with Gasteiger partial charge in [-0.05, 0) is 55.8 Å². The maximum Gasteiger partial charge on any atom is 0.259 e. The molecular weight excluding hydrogens is 330 g/mol. The average molecular weight is 344 g/mol. The molecule has 21 heavy (non-hydrogen) atoms. The number of rotatable bonds is 3. The molecule has 0 unspecified atom stereocenters. The minimum atomic E-state index is -0.717. The minimum absolute atomic E-state index is 0.0499. The molecule has 2 N–H and O–H groups in total. The van der Waals surface area contributed by atoms with E-state index in [1.807, 2.05) is 50.2 Å². The van der Waals surface area contributed by atoms with Crippen LogP contribution in [0, 0.1) is 25.2 Å². The maximum atomic E-state index is 11.2. The number of halogens is 1. The van der Waals surface area contributed by atoms with Crippen LogP contribution < -0.4 is 5.73 Å². The van der Waals surface area contributed by atoms with Crippen molar-refractivity contribution >= 4 is 27.9 Å². The fourth-order valence-electron chi connectivity index (χ4n) is 2.24. The molecule has 0 atom stereocenters. The quantitative estimate of drug-likeness (QED) is 0.686. The van der Waals surface area contributed by atoms with E-state index in [9.17, 15) is 4.79 Å². The van der Waals surface area contributed by atoms with E-state index in [1.165, 1.54) is 6.08 Å². The molecule has 0 spiro atoms. The van der Waals surface area contributed by atoms with Crippen molar-refractivity contribution in [2.24, 2.45) is 5.73 Å². The normalized spacial score (nSPS) is 11.2. The van der Waals surface area contributed by atoms with Crippen molar-refractivity contribution in [3.63, 3.8) is 0 Å². The van der Waals surface area contributed by atoms with Gasteiger partial charge < -0.3 is 10.3 Å². The van der Waals surface area contributed by atoms with E-state index >= 15 is 0 Å². The number of nitriles is 1. The first kappa shape index (κ1) is 15.1. The van der Waals surface area contributed by atoms with Crippen LogP contribution in [0.1, 0.15) is 17.0 Å². The zero-order valence-corrected chi connectivity index (χ0v) is 13.3. The predicted octanol–water partition coefficient (Wildman–Crippen LogP) is 3.25. The molecule has 0 bridgehead atoms. The lowest BCUT2D eigenvalue weighted by atomic mass is 10.1. The van der Waals surface area contributed by atoms with E-state index < -0.39 is 5.91 Å². The highest BCUT2D eigenvalue weighted by molar-refractivity contribution is 9.10. The van der Waals surface area contributed by atoms with Crippen LogP contribution in [0.3, 0.4) is 0 Å². The van der Waals surface area contributed by atoms with Gasteiger partial charge in [0.15, 0.2) is 0 Å². The SMILES string of the molecule is Cc1cc(/C=C(\C#N)C(N)=O)c(C)n1-c1ccc(Br)cc1. The lowest BCUT2D eigenvalue weighted by Gasteiger charge is -2.09. The predicted molar refractivity (Wildman–Crippen MR) is 85.7 cm³/mol. The highest BCUT2D eigenvalue weighted by Crippen LogP contribution is 2.23. The summed E-state index contributed by atoms with van der Waals surface area (Å²) in [6, 6.07) is 11.7. The summed E-state index contributed by atoms with van der Waals surface area (Å²) in [5.74, 6) is -0.717. The summed E-state index contributed by atoms with van der Waals surface area (Å²) in [5.41, 5.74) is 8.92. The number of aromatic nitrogens is 1. The molecule has 0 saturated heterocycles. The van der Waals surface area contributed by atoms with E-state index in [0.717, 1.165) is 27.1 Å². The summed E-state index contributed by atoms with van der Waals surface area (Å²) in [4.78, 5) is 11.2. The highest BCUT2D eigenvalue weighted by atomic mass is 79.9. The van der Waals surface area contributed by atoms with Gasteiger partial charge >= 0.3 is 0 Å². The summed E-state index contributed by atoms with van der Waals surface area (Å²) in [6.07, 6.45) is 1.53. The molecule has 2 rings (SSSR count). The molecule has 1 amide bonds. The van der Waals surface area contributed by atoms with Crippen molar-refractivity contribution in [2.45, 2.75) is 13.8 Å². The summed E-state index contributed by atoms with van der Waals surface area (Å²) in [6.45, 7) is 3.92. The molecule has 0 fully saturated rings. The first-order chi connectivity index (χ1) is 9.93. The highest BCUT2D eigenvalue weighted by Gasteiger charge is 2.11. The Balaban J connectivity index is 2.55. The number of aryl methyl sites for hydroxylation is 1. The van der Waals surface area contributed by atoms with Gasteiger partial charge in [0, 0.05) is 21.5 Å². The van der Waals surface area contributed by atoms with Crippen LogP contribution >= 0.6 is 15.9 Å². The zero-order chi connectivity index (χ0) is 15.6. The average Bonchev–Trinajstić information content (AvgIpc) is 2.71. The number of nitrogens with two attached hydrogens (primary N) is 1. The summed E-state index contributed by atoms with van der Waals surface area (Å²) >= 11 is 3.41. The second kappa shape index (κ2) is 5.98. The molecule has 4 nitrogen and oxygen atoms in total. The molecule has 0 saturated carbocycles. The van der Waals surface area contributed by atoms with Crippen LogP contribution in [0.15, 0.2) is 40.4 Å². The number of hydrogen-bond acceptors (Lipinski definition) is 2. The van der Waals surface area contributed by atoms with Crippen LogP contribution in [0.5, 0.6) is 0 Å². The fourth-order valence-corrected chi connectivity index (χ4v) is 2.50. The van der Waals surface area contributed by atoms with E-state index in [0.29, 0.717) is 0 Å². The third-order valence-electron chi connectivity index (χ3n) is 3.24. The Hall–Kier alpha value is -2.32. The smallest absolute Gasteiger partial charge is 0.259 e. The molecule has 1 aromatic heterocycles. The van der Waals surface area contributed by atoms with E-state index in [1.54, 1.807) is 0 Å². The molecular formula is C16H14BrN3O. The van der Waals surface area contributed by atoms with Crippen LogP contribution in [0.25, 0.3) is 11.8 Å². The van der Waals surface area contributed by atoms with Gasteiger partial charge in [-0.1, -0.05) is 15.9 Å². The number of nitrogens with zero attached hydrogens (tertiary/aromatic N) is 2. The zero-order valence-electron chi connectivity index (χ0n) is 11.7. The number of carbonyl (C=O) groups excluding carboxylic acids is 1. The van der Waals surface area contributed by atoms with Gasteiger partial charge in [0.1, 0.15) is 11.6 Å². The standard InChI is InChI=1S/C16H14BrN3O/c1-10-7-12(8-13(9-18)16(19)21)11(2)20(10)15-5-3-14(17)4-6-15/h3-8H,1-2H3,(H2,19,21)/b13-8+. The van der Waals surface area contributed by atoms with E-state index in [-0.39, 0.29) is 5.57 Å². The largest absolute Gasteiger partial charge is 0.365 e. The third-order valence-corrected chi connectivity index (χ3v) is 3.77. The molecule has 0 aliphatic heterocycles. The monoisotopic (exact) mass is 343 g/mol. The van der Waals surface area contributed by atoms with Gasteiger partial charge in [0.05, 0.1) is 0 Å². The van der Waals surface area contributed by atoms with Crippen molar-refractivity contribution in [2.75, 3.05) is 0 Å². The second-order valence-electron chi connectivity index (χ2n) is 4.67. The second-order valence-corrected chi connectivity index (χ2v) is 5.59. The Labute approximate surface area is 131 Å². The Morgan fingerprint density at radius 1 is 1.33 bits per heavy atom. The first-order valence-electron chi connectivity index (χ1n) is 6.30. The molecule has 1 aromatic carbocycles. The summed E-state index contributed by atoms with van der Waals surface area (Å²) < 4.78 is 3.07. The van der Waals surface area contributed by atoms with Crippen LogP contribution in [0.4, 0.5) is 0 Å².